The highest BCUT2D eigenvalue weighted by Crippen LogP contribution is 2.31. The minimum Gasteiger partial charge on any atom is -0.383 e. The van der Waals surface area contributed by atoms with Gasteiger partial charge in [-0.3, -0.25) is 4.79 Å². The number of rotatable bonds is 6. The summed E-state index contributed by atoms with van der Waals surface area (Å²) in [6.45, 7) is 2.46. The molecule has 4 rings (SSSR count). The third-order valence-corrected chi connectivity index (χ3v) is 5.33. The Kier molecular flexibility index (Phi) is 5.40. The molecule has 0 radical (unpaired) electrons. The van der Waals surface area contributed by atoms with Crippen molar-refractivity contribution < 1.29 is 23.0 Å². The maximum Gasteiger partial charge on any atom is 0.270 e. The van der Waals surface area contributed by atoms with Crippen molar-refractivity contribution in [1.82, 2.24) is 14.9 Å². The van der Waals surface area contributed by atoms with Crippen LogP contribution >= 0.6 is 0 Å². The maximum atomic E-state index is 14.2. The van der Waals surface area contributed by atoms with E-state index in [9.17, 15) is 13.6 Å². The van der Waals surface area contributed by atoms with Gasteiger partial charge in [0.2, 0.25) is 0 Å². The number of methoxy groups -OCH3 is 1. The topological polar surface area (TPSA) is 93.5 Å². The number of H-pyrrole nitrogens is 1. The summed E-state index contributed by atoms with van der Waals surface area (Å²) in [5.74, 6) is -1.48. The summed E-state index contributed by atoms with van der Waals surface area (Å²) in [5, 5.41) is 0. The van der Waals surface area contributed by atoms with E-state index < -0.39 is 23.6 Å². The second kappa shape index (κ2) is 8.00. The summed E-state index contributed by atoms with van der Waals surface area (Å²) in [6.07, 6.45) is 0. The quantitative estimate of drug-likeness (QED) is 0.644. The molecule has 0 fully saturated rings. The standard InChI is InChI=1S/C21H22F2N4O3/c1-11(8-29-2)27(7-12-15(22)4-3-5-16(12)23)21(28)18-6-17-19(25-18)13-9-30-10-14(13)20(24)26-17/h3-6,11,25H,7-10H2,1-2H3,(H2,24,26). The number of nitrogens with two attached hydrogens (primary N) is 1. The minimum absolute atomic E-state index is 0.179. The van der Waals surface area contributed by atoms with Crippen LogP contribution in [0.3, 0.4) is 0 Å². The number of aromatic nitrogens is 2. The highest BCUT2D eigenvalue weighted by Gasteiger charge is 2.27. The molecule has 1 aromatic carbocycles. The van der Waals surface area contributed by atoms with Crippen LogP contribution in [0.4, 0.5) is 14.6 Å². The molecule has 0 saturated heterocycles. The number of amides is 1. The van der Waals surface area contributed by atoms with E-state index in [-0.39, 0.29) is 24.4 Å². The van der Waals surface area contributed by atoms with Crippen molar-refractivity contribution in [2.45, 2.75) is 32.7 Å². The van der Waals surface area contributed by atoms with Crippen LogP contribution in [0.15, 0.2) is 24.3 Å². The monoisotopic (exact) mass is 416 g/mol. The van der Waals surface area contributed by atoms with Crippen LogP contribution in [-0.4, -0.2) is 40.5 Å². The number of nitrogens with zero attached hydrogens (tertiary/aromatic N) is 2. The number of hydrogen-bond donors (Lipinski definition) is 2. The molecule has 30 heavy (non-hydrogen) atoms. The van der Waals surface area contributed by atoms with Crippen LogP contribution in [0.1, 0.15) is 34.1 Å². The molecule has 1 aliphatic rings. The summed E-state index contributed by atoms with van der Waals surface area (Å²) in [5.41, 5.74) is 8.97. The summed E-state index contributed by atoms with van der Waals surface area (Å²) in [4.78, 5) is 22.2. The number of halogens is 2. The minimum atomic E-state index is -0.710. The number of aromatic amines is 1. The Morgan fingerprint density at radius 2 is 2.03 bits per heavy atom. The molecule has 1 amide bonds. The van der Waals surface area contributed by atoms with Crippen molar-refractivity contribution in [3.63, 3.8) is 0 Å². The molecule has 9 heteroatoms. The third-order valence-electron chi connectivity index (χ3n) is 5.33. The summed E-state index contributed by atoms with van der Waals surface area (Å²) >= 11 is 0. The Hall–Kier alpha value is -3.04. The number of carbonyl (C=O) groups excluding carboxylic acids is 1. The van der Waals surface area contributed by atoms with Gasteiger partial charge in [-0.15, -0.1) is 0 Å². The van der Waals surface area contributed by atoms with Crippen LogP contribution in [-0.2, 0) is 29.2 Å². The molecule has 158 valence electrons. The van der Waals surface area contributed by atoms with Gasteiger partial charge in [-0.1, -0.05) is 6.07 Å². The first-order valence-corrected chi connectivity index (χ1v) is 9.51. The van der Waals surface area contributed by atoms with Gasteiger partial charge in [0, 0.05) is 23.8 Å². The number of carbonyl (C=O) groups is 1. The normalized spacial score (nSPS) is 14.1. The number of benzene rings is 1. The molecule has 0 aliphatic carbocycles. The number of hydrogen-bond acceptors (Lipinski definition) is 5. The first-order valence-electron chi connectivity index (χ1n) is 9.51. The number of ether oxygens (including phenoxy) is 2. The van der Waals surface area contributed by atoms with Gasteiger partial charge in [-0.25, -0.2) is 13.8 Å². The number of fused-ring (bicyclic) bond motifs is 3. The van der Waals surface area contributed by atoms with Gasteiger partial charge in [0.15, 0.2) is 0 Å². The zero-order chi connectivity index (χ0) is 21.4. The summed E-state index contributed by atoms with van der Waals surface area (Å²) in [7, 11) is 1.50. The SMILES string of the molecule is COCC(C)N(Cc1c(F)cccc1F)C(=O)c1cc2nc(N)c3c(c2[nH]1)COC3. The van der Waals surface area contributed by atoms with E-state index >= 15 is 0 Å². The molecular weight excluding hydrogens is 394 g/mol. The first-order chi connectivity index (χ1) is 14.4. The third kappa shape index (κ3) is 3.50. The van der Waals surface area contributed by atoms with Crippen molar-refractivity contribution in [3.8, 4) is 0 Å². The Labute approximate surface area is 171 Å². The molecule has 0 bridgehead atoms. The van der Waals surface area contributed by atoms with E-state index in [2.05, 4.69) is 9.97 Å². The highest BCUT2D eigenvalue weighted by molar-refractivity contribution is 5.98. The Morgan fingerprint density at radius 1 is 1.33 bits per heavy atom. The summed E-state index contributed by atoms with van der Waals surface area (Å²) < 4.78 is 39.1. The zero-order valence-corrected chi connectivity index (χ0v) is 16.7. The van der Waals surface area contributed by atoms with E-state index in [1.54, 1.807) is 13.0 Å². The molecule has 3 N–H and O–H groups in total. The van der Waals surface area contributed by atoms with E-state index in [1.165, 1.54) is 30.2 Å². The zero-order valence-electron chi connectivity index (χ0n) is 16.7. The molecular formula is C21H22F2N4O3. The van der Waals surface area contributed by atoms with Gasteiger partial charge in [0.1, 0.15) is 23.1 Å². The lowest BCUT2D eigenvalue weighted by atomic mass is 10.1. The molecule has 3 heterocycles. The molecule has 1 unspecified atom stereocenters. The number of nitrogen functional groups attached to an aromatic ring is 1. The number of anilines is 1. The van der Waals surface area contributed by atoms with Crippen LogP contribution in [0.5, 0.6) is 0 Å². The van der Waals surface area contributed by atoms with Crippen molar-refractivity contribution in [2.24, 2.45) is 0 Å². The lowest BCUT2D eigenvalue weighted by Gasteiger charge is -2.29. The van der Waals surface area contributed by atoms with Gasteiger partial charge < -0.3 is 25.1 Å². The van der Waals surface area contributed by atoms with Crippen molar-refractivity contribution in [2.75, 3.05) is 19.5 Å². The maximum absolute atomic E-state index is 14.2. The average Bonchev–Trinajstić information content (AvgIpc) is 3.34. The molecule has 7 nitrogen and oxygen atoms in total. The molecule has 0 saturated carbocycles. The van der Waals surface area contributed by atoms with Gasteiger partial charge in [0.05, 0.1) is 43.4 Å². The predicted octanol–water partition coefficient (Wildman–Crippen LogP) is 3.13. The van der Waals surface area contributed by atoms with Crippen LogP contribution < -0.4 is 5.73 Å². The Bertz CT molecular complexity index is 1100. The van der Waals surface area contributed by atoms with E-state index in [4.69, 9.17) is 15.2 Å². The average molecular weight is 416 g/mol. The van der Waals surface area contributed by atoms with Gasteiger partial charge in [0.25, 0.3) is 5.91 Å². The largest absolute Gasteiger partial charge is 0.383 e. The smallest absolute Gasteiger partial charge is 0.270 e. The number of pyridine rings is 1. The van der Waals surface area contributed by atoms with Gasteiger partial charge >= 0.3 is 0 Å². The molecule has 1 atom stereocenters. The van der Waals surface area contributed by atoms with Crippen molar-refractivity contribution in [3.05, 3.63) is 58.3 Å². The van der Waals surface area contributed by atoms with Crippen LogP contribution in [0, 0.1) is 11.6 Å². The lowest BCUT2D eigenvalue weighted by Crippen LogP contribution is -2.41. The molecule has 3 aromatic rings. The fourth-order valence-corrected chi connectivity index (χ4v) is 3.72. The second-order valence-electron chi connectivity index (χ2n) is 7.33. The van der Waals surface area contributed by atoms with Crippen molar-refractivity contribution >= 4 is 22.8 Å². The van der Waals surface area contributed by atoms with Gasteiger partial charge in [-0.05, 0) is 25.1 Å². The van der Waals surface area contributed by atoms with Crippen LogP contribution in [0.2, 0.25) is 0 Å². The molecule has 0 spiro atoms. The molecule has 2 aromatic heterocycles. The van der Waals surface area contributed by atoms with E-state index in [1.807, 2.05) is 0 Å². The van der Waals surface area contributed by atoms with Crippen molar-refractivity contribution in [1.29, 1.82) is 0 Å². The lowest BCUT2D eigenvalue weighted by molar-refractivity contribution is 0.0532. The first kappa shape index (κ1) is 20.2. The van der Waals surface area contributed by atoms with Crippen LogP contribution in [0.25, 0.3) is 11.0 Å². The van der Waals surface area contributed by atoms with E-state index in [0.29, 0.717) is 30.1 Å². The Balaban J connectivity index is 1.73. The second-order valence-corrected chi connectivity index (χ2v) is 7.33. The van der Waals surface area contributed by atoms with Gasteiger partial charge in [-0.2, -0.15) is 0 Å². The summed E-state index contributed by atoms with van der Waals surface area (Å²) in [6, 6.07) is 4.79. The fraction of sp³-hybridized carbons (Fsp3) is 0.333. The molecule has 1 aliphatic heterocycles. The number of nitrogens with one attached hydrogen (secondary N) is 1. The fourth-order valence-electron chi connectivity index (χ4n) is 3.72. The highest BCUT2D eigenvalue weighted by atomic mass is 19.1. The Morgan fingerprint density at radius 3 is 2.73 bits per heavy atom. The predicted molar refractivity (Wildman–Crippen MR) is 107 cm³/mol. The van der Waals surface area contributed by atoms with E-state index in [0.717, 1.165) is 11.1 Å².